The van der Waals surface area contributed by atoms with E-state index in [0.717, 1.165) is 0 Å². The van der Waals surface area contributed by atoms with Crippen LogP contribution in [0.4, 0.5) is 0 Å². The van der Waals surface area contributed by atoms with Gasteiger partial charge in [0.25, 0.3) is 0 Å². The molecule has 5 nitrogen and oxygen atoms in total. The van der Waals surface area contributed by atoms with Crippen molar-refractivity contribution in [3.63, 3.8) is 0 Å². The fourth-order valence-electron chi connectivity index (χ4n) is 1.34. The number of nitriles is 1. The first kappa shape index (κ1) is 34.8. The maximum Gasteiger partial charge on any atom is 0.335 e. The van der Waals surface area contributed by atoms with Gasteiger partial charge in [-0.3, -0.25) is 0 Å². The number of nitrogens with zero attached hydrogens (tertiary/aromatic N) is 1. The van der Waals surface area contributed by atoms with Crippen molar-refractivity contribution in [2.24, 2.45) is 0 Å². The van der Waals surface area contributed by atoms with Crippen LogP contribution >= 0.6 is 0 Å². The van der Waals surface area contributed by atoms with Crippen molar-refractivity contribution in [1.82, 2.24) is 0 Å². The molecule has 0 spiro atoms. The molecule has 0 aliphatic carbocycles. The Balaban J connectivity index is -0.000000170. The summed E-state index contributed by atoms with van der Waals surface area (Å²) >= 11 is 0. The number of allylic oxidation sites excluding steroid dienone is 3. The van der Waals surface area contributed by atoms with Gasteiger partial charge < -0.3 is 10.2 Å². The first-order chi connectivity index (χ1) is 15.4. The van der Waals surface area contributed by atoms with E-state index in [1.807, 2.05) is 36.4 Å². The molecule has 0 unspecified atom stereocenters. The number of carbonyl (C=O) groups is 2. The molecule has 0 radical (unpaired) electrons. The highest BCUT2D eigenvalue weighted by molar-refractivity contribution is 5.91. The van der Waals surface area contributed by atoms with Crippen molar-refractivity contribution < 1.29 is 19.8 Å². The zero-order valence-electron chi connectivity index (χ0n) is 18.3. The molecule has 0 aliphatic rings. The Morgan fingerprint density at radius 1 is 0.719 bits per heavy atom. The minimum absolute atomic E-state index is 0.0833. The van der Waals surface area contributed by atoms with Gasteiger partial charge in [-0.25, -0.2) is 9.59 Å². The van der Waals surface area contributed by atoms with Crippen LogP contribution in [-0.2, 0) is 0 Å². The molecular formula is C27H31NO4. The summed E-state index contributed by atoms with van der Waals surface area (Å²) < 4.78 is 0. The van der Waals surface area contributed by atoms with Crippen LogP contribution in [-0.4, -0.2) is 22.2 Å². The number of benzene rings is 2. The molecule has 0 saturated heterocycles. The molecule has 2 N–H and O–H groups in total. The Morgan fingerprint density at radius 3 is 1.19 bits per heavy atom. The van der Waals surface area contributed by atoms with Gasteiger partial charge in [0.2, 0.25) is 0 Å². The highest BCUT2D eigenvalue weighted by Crippen LogP contribution is 2.03. The van der Waals surface area contributed by atoms with Crippen molar-refractivity contribution in [2.45, 2.75) is 0 Å². The van der Waals surface area contributed by atoms with Crippen molar-refractivity contribution in [3.8, 4) is 6.07 Å². The topological polar surface area (TPSA) is 98.4 Å². The van der Waals surface area contributed by atoms with E-state index in [1.54, 1.807) is 18.2 Å². The number of carboxylic acid groups (broad SMARTS) is 2. The van der Waals surface area contributed by atoms with E-state index in [-0.39, 0.29) is 11.1 Å². The summed E-state index contributed by atoms with van der Waals surface area (Å²) in [5.74, 6) is -2.13. The Hall–Kier alpha value is -4.69. The van der Waals surface area contributed by atoms with Crippen LogP contribution in [0.15, 0.2) is 125 Å². The van der Waals surface area contributed by atoms with E-state index >= 15 is 0 Å². The molecule has 0 heterocycles. The second-order valence-electron chi connectivity index (χ2n) is 4.61. The fraction of sp³-hybridized carbons (Fsp3) is 0. The summed E-state index contributed by atoms with van der Waals surface area (Å²) in [5.41, 5.74) is 1.34. The quantitative estimate of drug-likeness (QED) is 0.305. The predicted octanol–water partition coefficient (Wildman–Crippen LogP) is 7.07. The number of hydrogen-bond acceptors (Lipinski definition) is 3. The molecule has 0 amide bonds. The van der Waals surface area contributed by atoms with Crippen LogP contribution in [0.25, 0.3) is 6.08 Å². The largest absolute Gasteiger partial charge is 0.478 e. The van der Waals surface area contributed by atoms with Crippen LogP contribution < -0.4 is 0 Å². The molecule has 2 aromatic carbocycles. The molecule has 0 aliphatic heterocycles. The van der Waals surface area contributed by atoms with Gasteiger partial charge in [-0.1, -0.05) is 74.9 Å². The Morgan fingerprint density at radius 2 is 1.03 bits per heavy atom. The van der Waals surface area contributed by atoms with Crippen molar-refractivity contribution in [3.05, 3.63) is 142 Å². The first-order valence-electron chi connectivity index (χ1n) is 8.85. The van der Waals surface area contributed by atoms with Gasteiger partial charge in [0.05, 0.1) is 17.2 Å². The standard InChI is InChI=1S/C8H6O4.C8H8.C4H6.C3H3N.2C2H4/c9-7(10)5-1-2-6(4-3-5)8(11)12;1-2-8-6-4-3-5-7-8;1-3-4-2;1-2-3-4;2*1-2/h1-4H,(H,9,10)(H,11,12);2-7H,1H2;3-4H,1-2H2;2H,1H2;2*1-2H2. The summed E-state index contributed by atoms with van der Waals surface area (Å²) in [4.78, 5) is 20.7. The van der Waals surface area contributed by atoms with Gasteiger partial charge in [0.1, 0.15) is 0 Å². The minimum atomic E-state index is -1.06. The van der Waals surface area contributed by atoms with E-state index in [0.29, 0.717) is 0 Å². The molecular weight excluding hydrogens is 402 g/mol. The first-order valence-corrected chi connectivity index (χ1v) is 8.85. The van der Waals surface area contributed by atoms with Crippen molar-refractivity contribution in [2.75, 3.05) is 0 Å². The highest BCUT2D eigenvalue weighted by atomic mass is 16.4. The molecule has 2 aromatic rings. The summed E-state index contributed by atoms with van der Waals surface area (Å²) in [5, 5.41) is 24.4. The van der Waals surface area contributed by atoms with E-state index in [2.05, 4.69) is 52.6 Å². The molecule has 5 heteroatoms. The zero-order valence-corrected chi connectivity index (χ0v) is 18.3. The van der Waals surface area contributed by atoms with E-state index < -0.39 is 11.9 Å². The SMILES string of the molecule is C=C.C=C.C=CC#N.C=CC=C.C=Cc1ccccc1.O=C(O)c1ccc(C(=O)O)cc1. The number of aromatic carboxylic acids is 2. The van der Waals surface area contributed by atoms with Crippen LogP contribution in [0.5, 0.6) is 0 Å². The minimum Gasteiger partial charge on any atom is -0.478 e. The van der Waals surface area contributed by atoms with Crippen molar-refractivity contribution >= 4 is 18.0 Å². The van der Waals surface area contributed by atoms with E-state index in [1.165, 1.54) is 35.9 Å². The zero-order chi connectivity index (χ0) is 25.8. The third kappa shape index (κ3) is 23.3. The van der Waals surface area contributed by atoms with Crippen LogP contribution in [0.3, 0.4) is 0 Å². The molecule has 32 heavy (non-hydrogen) atoms. The molecule has 0 atom stereocenters. The monoisotopic (exact) mass is 433 g/mol. The molecule has 2 rings (SSSR count). The van der Waals surface area contributed by atoms with Gasteiger partial charge in [0, 0.05) is 6.08 Å². The smallest absolute Gasteiger partial charge is 0.335 e. The summed E-state index contributed by atoms with van der Waals surface area (Å²) in [6.45, 7) is 25.5. The maximum absolute atomic E-state index is 10.3. The molecule has 0 saturated carbocycles. The second-order valence-corrected chi connectivity index (χ2v) is 4.61. The fourth-order valence-corrected chi connectivity index (χ4v) is 1.34. The van der Waals surface area contributed by atoms with Crippen molar-refractivity contribution in [1.29, 1.82) is 5.26 Å². The third-order valence-corrected chi connectivity index (χ3v) is 2.67. The molecule has 0 fully saturated rings. The van der Waals surface area contributed by atoms with Gasteiger partial charge >= 0.3 is 11.9 Å². The lowest BCUT2D eigenvalue weighted by atomic mass is 10.1. The van der Waals surface area contributed by atoms with Crippen LogP contribution in [0.1, 0.15) is 26.3 Å². The summed E-state index contributed by atoms with van der Waals surface area (Å²) in [6.07, 6.45) is 6.29. The van der Waals surface area contributed by atoms with E-state index in [4.69, 9.17) is 15.5 Å². The second kappa shape index (κ2) is 28.5. The number of hydrogen-bond donors (Lipinski definition) is 2. The Labute approximate surface area is 191 Å². The van der Waals surface area contributed by atoms with Gasteiger partial charge in [-0.05, 0) is 29.8 Å². The lowest BCUT2D eigenvalue weighted by molar-refractivity contribution is 0.0681. The van der Waals surface area contributed by atoms with Gasteiger partial charge in [-0.15, -0.1) is 26.3 Å². The average molecular weight is 434 g/mol. The Kier molecular flexibility index (Phi) is 31.0. The van der Waals surface area contributed by atoms with Crippen LogP contribution in [0, 0.1) is 11.3 Å². The number of rotatable bonds is 4. The van der Waals surface area contributed by atoms with Crippen LogP contribution in [0.2, 0.25) is 0 Å². The highest BCUT2D eigenvalue weighted by Gasteiger charge is 2.04. The lowest BCUT2D eigenvalue weighted by Crippen LogP contribution is -1.99. The normalized spacial score (nSPS) is 6.97. The van der Waals surface area contributed by atoms with Gasteiger partial charge in [-0.2, -0.15) is 5.26 Å². The van der Waals surface area contributed by atoms with Gasteiger partial charge in [0.15, 0.2) is 0 Å². The van der Waals surface area contributed by atoms with E-state index in [9.17, 15) is 9.59 Å². The Bertz CT molecular complexity index is 791. The predicted molar refractivity (Wildman–Crippen MR) is 136 cm³/mol. The third-order valence-electron chi connectivity index (χ3n) is 2.67. The molecule has 168 valence electrons. The summed E-state index contributed by atoms with van der Waals surface area (Å²) in [6, 6.07) is 16.7. The molecule has 0 bridgehead atoms. The molecule has 0 aromatic heterocycles. The average Bonchev–Trinajstić information content (AvgIpc) is 2.87. The lowest BCUT2D eigenvalue weighted by Gasteiger charge is -1.94. The maximum atomic E-state index is 10.3. The number of carboxylic acids is 2. The summed E-state index contributed by atoms with van der Waals surface area (Å²) in [7, 11) is 0.